The first-order chi connectivity index (χ1) is 10.1. The molecule has 1 heterocycles. The van der Waals surface area contributed by atoms with E-state index in [9.17, 15) is 0 Å². The van der Waals surface area contributed by atoms with Crippen molar-refractivity contribution in [1.82, 2.24) is 10.2 Å². The summed E-state index contributed by atoms with van der Waals surface area (Å²) in [5, 5.41) is 3.85. The van der Waals surface area contributed by atoms with Crippen molar-refractivity contribution < 1.29 is 0 Å². The highest BCUT2D eigenvalue weighted by atomic mass is 15.2. The number of hydrogen-bond acceptors (Lipinski definition) is 2. The van der Waals surface area contributed by atoms with Gasteiger partial charge in [0.2, 0.25) is 0 Å². The van der Waals surface area contributed by atoms with Crippen LogP contribution in [0.4, 0.5) is 0 Å². The van der Waals surface area contributed by atoms with Gasteiger partial charge >= 0.3 is 0 Å². The number of nitrogens with zero attached hydrogens (tertiary/aromatic N) is 1. The van der Waals surface area contributed by atoms with Gasteiger partial charge in [-0.05, 0) is 69.7 Å². The minimum absolute atomic E-state index is 0.775. The van der Waals surface area contributed by atoms with Crippen LogP contribution in [0.5, 0.6) is 0 Å². The molecule has 21 heavy (non-hydrogen) atoms. The van der Waals surface area contributed by atoms with Gasteiger partial charge in [-0.15, -0.1) is 0 Å². The minimum Gasteiger partial charge on any atom is -0.314 e. The van der Waals surface area contributed by atoms with Gasteiger partial charge < -0.3 is 10.2 Å². The quantitative estimate of drug-likeness (QED) is 0.785. The van der Waals surface area contributed by atoms with Crippen LogP contribution in [0.1, 0.15) is 72.6 Å². The summed E-state index contributed by atoms with van der Waals surface area (Å²) in [5.74, 6) is 2.75. The Morgan fingerprint density at radius 2 is 1.86 bits per heavy atom. The molecule has 1 aliphatic carbocycles. The molecule has 0 bridgehead atoms. The average Bonchev–Trinajstić information content (AvgIpc) is 2.49. The first-order valence-electron chi connectivity index (χ1n) is 9.61. The van der Waals surface area contributed by atoms with Crippen molar-refractivity contribution in [3.05, 3.63) is 0 Å². The summed E-state index contributed by atoms with van der Waals surface area (Å²) in [6, 6.07) is 1.58. The molecule has 0 amide bonds. The molecule has 2 heteroatoms. The molecular weight excluding hydrogens is 256 g/mol. The smallest absolute Gasteiger partial charge is 0.0108 e. The number of piperidine rings is 1. The maximum atomic E-state index is 3.85. The topological polar surface area (TPSA) is 15.3 Å². The normalized spacial score (nSPS) is 38.6. The Morgan fingerprint density at radius 3 is 2.57 bits per heavy atom. The maximum absolute atomic E-state index is 3.85. The SMILES string of the molecule is CCCNC1CCC(CC)CC1CN1CC(C)CCC1C. The van der Waals surface area contributed by atoms with Crippen molar-refractivity contribution in [2.45, 2.75) is 84.7 Å². The minimum atomic E-state index is 0.775. The first kappa shape index (κ1) is 17.3. The molecule has 1 N–H and O–H groups in total. The second-order valence-electron chi connectivity index (χ2n) is 7.89. The van der Waals surface area contributed by atoms with E-state index in [1.807, 2.05) is 0 Å². The van der Waals surface area contributed by atoms with Gasteiger partial charge in [-0.3, -0.25) is 0 Å². The molecule has 0 radical (unpaired) electrons. The Kier molecular flexibility index (Phi) is 7.01. The van der Waals surface area contributed by atoms with E-state index in [4.69, 9.17) is 0 Å². The monoisotopic (exact) mass is 294 g/mol. The number of likely N-dealkylation sites (tertiary alicyclic amines) is 1. The van der Waals surface area contributed by atoms with E-state index in [0.717, 1.165) is 29.8 Å². The zero-order valence-electron chi connectivity index (χ0n) is 14.9. The highest BCUT2D eigenvalue weighted by molar-refractivity contribution is 4.88. The first-order valence-corrected chi connectivity index (χ1v) is 9.61. The van der Waals surface area contributed by atoms with Gasteiger partial charge in [-0.1, -0.05) is 27.2 Å². The van der Waals surface area contributed by atoms with Crippen LogP contribution in [0.3, 0.4) is 0 Å². The summed E-state index contributed by atoms with van der Waals surface area (Å²) in [4.78, 5) is 2.80. The zero-order valence-corrected chi connectivity index (χ0v) is 14.9. The van der Waals surface area contributed by atoms with Crippen LogP contribution in [0, 0.1) is 17.8 Å². The molecule has 2 rings (SSSR count). The van der Waals surface area contributed by atoms with E-state index in [-0.39, 0.29) is 0 Å². The maximum Gasteiger partial charge on any atom is 0.0108 e. The lowest BCUT2D eigenvalue weighted by atomic mass is 9.76. The summed E-state index contributed by atoms with van der Waals surface area (Å²) in [6.45, 7) is 13.4. The molecule has 1 saturated heterocycles. The molecular formula is C19H38N2. The molecule has 5 unspecified atom stereocenters. The molecule has 2 aliphatic rings. The van der Waals surface area contributed by atoms with Gasteiger partial charge in [0, 0.05) is 25.2 Å². The van der Waals surface area contributed by atoms with Crippen molar-refractivity contribution in [3.8, 4) is 0 Å². The predicted molar refractivity (Wildman–Crippen MR) is 92.6 cm³/mol. The van der Waals surface area contributed by atoms with Gasteiger partial charge in [0.05, 0.1) is 0 Å². The summed E-state index contributed by atoms with van der Waals surface area (Å²) < 4.78 is 0. The number of nitrogens with one attached hydrogen (secondary N) is 1. The summed E-state index contributed by atoms with van der Waals surface area (Å²) in [7, 11) is 0. The molecule has 1 aliphatic heterocycles. The molecule has 1 saturated carbocycles. The molecule has 2 nitrogen and oxygen atoms in total. The summed E-state index contributed by atoms with van der Waals surface area (Å²) in [5.41, 5.74) is 0. The molecule has 0 aromatic carbocycles. The second kappa shape index (κ2) is 8.53. The fourth-order valence-corrected chi connectivity index (χ4v) is 4.47. The Hall–Kier alpha value is -0.0800. The van der Waals surface area contributed by atoms with Gasteiger partial charge in [-0.2, -0.15) is 0 Å². The van der Waals surface area contributed by atoms with Crippen molar-refractivity contribution in [2.75, 3.05) is 19.6 Å². The third-order valence-electron chi connectivity index (χ3n) is 6.04. The fourth-order valence-electron chi connectivity index (χ4n) is 4.47. The number of rotatable bonds is 6. The van der Waals surface area contributed by atoms with Crippen LogP contribution in [0.2, 0.25) is 0 Å². The molecule has 2 fully saturated rings. The standard InChI is InChI=1S/C19H38N2/c1-5-11-20-19-10-9-17(6-2)12-18(19)14-21-13-15(3)7-8-16(21)4/h15-20H,5-14H2,1-4H3. The van der Waals surface area contributed by atoms with Gasteiger partial charge in [0.25, 0.3) is 0 Å². The summed E-state index contributed by atoms with van der Waals surface area (Å²) in [6.07, 6.45) is 9.77. The lowest BCUT2D eigenvalue weighted by Crippen LogP contribution is -2.50. The molecule has 0 aromatic heterocycles. The highest BCUT2D eigenvalue weighted by Crippen LogP contribution is 2.33. The Bertz CT molecular complexity index is 291. The van der Waals surface area contributed by atoms with Gasteiger partial charge in [0.1, 0.15) is 0 Å². The molecule has 0 spiro atoms. The van der Waals surface area contributed by atoms with Crippen molar-refractivity contribution in [2.24, 2.45) is 17.8 Å². The van der Waals surface area contributed by atoms with Crippen molar-refractivity contribution in [1.29, 1.82) is 0 Å². The van der Waals surface area contributed by atoms with Crippen LogP contribution in [0.25, 0.3) is 0 Å². The third-order valence-corrected chi connectivity index (χ3v) is 6.04. The van der Waals surface area contributed by atoms with Crippen molar-refractivity contribution >= 4 is 0 Å². The Labute approximate surface area is 133 Å². The summed E-state index contributed by atoms with van der Waals surface area (Å²) >= 11 is 0. The van der Waals surface area contributed by atoms with E-state index < -0.39 is 0 Å². The molecule has 124 valence electrons. The second-order valence-corrected chi connectivity index (χ2v) is 7.89. The van der Waals surface area contributed by atoms with Gasteiger partial charge in [-0.25, -0.2) is 0 Å². The third kappa shape index (κ3) is 4.96. The van der Waals surface area contributed by atoms with Gasteiger partial charge in [0.15, 0.2) is 0 Å². The van der Waals surface area contributed by atoms with E-state index in [1.165, 1.54) is 64.6 Å². The fraction of sp³-hybridized carbons (Fsp3) is 1.00. The van der Waals surface area contributed by atoms with E-state index in [1.54, 1.807) is 0 Å². The largest absolute Gasteiger partial charge is 0.314 e. The predicted octanol–water partition coefficient (Wildman–Crippen LogP) is 4.30. The average molecular weight is 295 g/mol. The zero-order chi connectivity index (χ0) is 15.2. The van der Waals surface area contributed by atoms with Crippen LogP contribution < -0.4 is 5.32 Å². The lowest BCUT2D eigenvalue weighted by molar-refractivity contribution is 0.0731. The number of hydrogen-bond donors (Lipinski definition) is 1. The lowest BCUT2D eigenvalue weighted by Gasteiger charge is -2.43. The van der Waals surface area contributed by atoms with Crippen molar-refractivity contribution in [3.63, 3.8) is 0 Å². The van der Waals surface area contributed by atoms with E-state index in [0.29, 0.717) is 0 Å². The molecule has 0 aromatic rings. The van der Waals surface area contributed by atoms with Crippen LogP contribution in [0.15, 0.2) is 0 Å². The Balaban J connectivity index is 1.94. The van der Waals surface area contributed by atoms with Crippen LogP contribution >= 0.6 is 0 Å². The van der Waals surface area contributed by atoms with Crippen LogP contribution in [-0.4, -0.2) is 36.6 Å². The van der Waals surface area contributed by atoms with E-state index >= 15 is 0 Å². The van der Waals surface area contributed by atoms with E-state index in [2.05, 4.69) is 37.9 Å². The van der Waals surface area contributed by atoms with Crippen LogP contribution in [-0.2, 0) is 0 Å². The highest BCUT2D eigenvalue weighted by Gasteiger charge is 2.33. The Morgan fingerprint density at radius 1 is 1.05 bits per heavy atom. The molecule has 5 atom stereocenters.